The lowest BCUT2D eigenvalue weighted by atomic mass is 10.1. The lowest BCUT2D eigenvalue weighted by molar-refractivity contribution is -0.149. The van der Waals surface area contributed by atoms with Crippen molar-refractivity contribution < 1.29 is 19.4 Å². The van der Waals surface area contributed by atoms with Crippen LogP contribution >= 0.6 is 0 Å². The van der Waals surface area contributed by atoms with Gasteiger partial charge in [0.15, 0.2) is 6.10 Å². The summed E-state index contributed by atoms with van der Waals surface area (Å²) in [5.41, 5.74) is 2.64. The van der Waals surface area contributed by atoms with Gasteiger partial charge in [0.05, 0.1) is 13.7 Å². The van der Waals surface area contributed by atoms with Crippen LogP contribution in [0.5, 0.6) is 0 Å². The van der Waals surface area contributed by atoms with Gasteiger partial charge in [-0.25, -0.2) is 4.79 Å². The van der Waals surface area contributed by atoms with Crippen molar-refractivity contribution in [3.05, 3.63) is 29.3 Å². The maximum atomic E-state index is 11.9. The van der Waals surface area contributed by atoms with Gasteiger partial charge in [-0.15, -0.1) is 0 Å². The Hall–Kier alpha value is -2.08. The second-order valence-electron chi connectivity index (χ2n) is 4.30. The van der Waals surface area contributed by atoms with Crippen LogP contribution in [0.15, 0.2) is 18.2 Å². The molecule has 0 radical (unpaired) electrons. The van der Waals surface area contributed by atoms with Crippen LogP contribution in [0, 0.1) is 0 Å². The number of ether oxygens (including phenoxy) is 1. The van der Waals surface area contributed by atoms with Crippen LogP contribution in [0.3, 0.4) is 0 Å². The summed E-state index contributed by atoms with van der Waals surface area (Å²) in [6.07, 6.45) is -0.389. The summed E-state index contributed by atoms with van der Waals surface area (Å²) >= 11 is 0. The van der Waals surface area contributed by atoms with Gasteiger partial charge in [-0.1, -0.05) is 6.07 Å². The fourth-order valence-electron chi connectivity index (χ4n) is 1.94. The Labute approximate surface area is 110 Å². The molecule has 102 valence electrons. The molecule has 6 nitrogen and oxygen atoms in total. The van der Waals surface area contributed by atoms with Gasteiger partial charge >= 0.3 is 5.97 Å². The number of rotatable bonds is 4. The van der Waals surface area contributed by atoms with Crippen LogP contribution in [0.2, 0.25) is 0 Å². The van der Waals surface area contributed by atoms with Gasteiger partial charge in [0.25, 0.3) is 5.91 Å². The maximum absolute atomic E-state index is 11.9. The lowest BCUT2D eigenvalue weighted by Gasteiger charge is -2.10. The molecule has 1 aromatic rings. The van der Waals surface area contributed by atoms with Crippen LogP contribution in [0.1, 0.15) is 15.9 Å². The number of benzene rings is 1. The molecule has 1 aliphatic heterocycles. The van der Waals surface area contributed by atoms with E-state index in [1.807, 2.05) is 6.07 Å². The molecule has 0 spiro atoms. The van der Waals surface area contributed by atoms with Crippen molar-refractivity contribution in [1.29, 1.82) is 0 Å². The molecule has 0 bridgehead atoms. The van der Waals surface area contributed by atoms with Crippen molar-refractivity contribution in [3.63, 3.8) is 0 Å². The number of aliphatic hydroxyl groups is 1. The minimum atomic E-state index is -1.35. The Morgan fingerprint density at radius 2 is 2.32 bits per heavy atom. The highest BCUT2D eigenvalue weighted by Crippen LogP contribution is 2.23. The van der Waals surface area contributed by atoms with E-state index in [4.69, 9.17) is 0 Å². The van der Waals surface area contributed by atoms with Crippen LogP contribution < -0.4 is 10.6 Å². The summed E-state index contributed by atoms with van der Waals surface area (Å²) in [4.78, 5) is 22.8. The molecule has 2 rings (SSSR count). The number of nitrogens with one attached hydrogen (secondary N) is 2. The van der Waals surface area contributed by atoms with E-state index in [1.165, 1.54) is 12.7 Å². The zero-order valence-corrected chi connectivity index (χ0v) is 10.6. The number of amides is 1. The van der Waals surface area contributed by atoms with Crippen LogP contribution in [-0.4, -0.2) is 43.3 Å². The quantitative estimate of drug-likeness (QED) is 0.662. The number of esters is 1. The van der Waals surface area contributed by atoms with Crippen molar-refractivity contribution in [1.82, 2.24) is 5.32 Å². The Bertz CT molecular complexity index is 501. The SMILES string of the molecule is COC(=O)C(O)CNC(=O)c1ccc2c(c1)NCC2. The topological polar surface area (TPSA) is 87.7 Å². The molecular weight excluding hydrogens is 248 g/mol. The molecule has 19 heavy (non-hydrogen) atoms. The van der Waals surface area contributed by atoms with Crippen molar-refractivity contribution >= 4 is 17.6 Å². The molecule has 0 aliphatic carbocycles. The van der Waals surface area contributed by atoms with Crippen LogP contribution in [0.25, 0.3) is 0 Å². The summed E-state index contributed by atoms with van der Waals surface area (Å²) in [6.45, 7) is 0.706. The first-order valence-electron chi connectivity index (χ1n) is 6.02. The molecule has 3 N–H and O–H groups in total. The Morgan fingerprint density at radius 3 is 3.05 bits per heavy atom. The van der Waals surface area contributed by atoms with Crippen molar-refractivity contribution in [2.45, 2.75) is 12.5 Å². The van der Waals surface area contributed by atoms with Gasteiger partial charge in [-0.05, 0) is 24.1 Å². The summed E-state index contributed by atoms with van der Waals surface area (Å²) in [7, 11) is 1.18. The second kappa shape index (κ2) is 5.71. The molecule has 0 saturated carbocycles. The third-order valence-electron chi connectivity index (χ3n) is 3.01. The average Bonchev–Trinajstić information content (AvgIpc) is 2.90. The first-order chi connectivity index (χ1) is 9.11. The minimum Gasteiger partial charge on any atom is -0.467 e. The molecule has 0 saturated heterocycles. The van der Waals surface area contributed by atoms with E-state index in [-0.39, 0.29) is 12.5 Å². The van der Waals surface area contributed by atoms with E-state index in [0.717, 1.165) is 18.7 Å². The number of hydrogen-bond acceptors (Lipinski definition) is 5. The van der Waals surface area contributed by atoms with Gasteiger partial charge in [-0.2, -0.15) is 0 Å². The largest absolute Gasteiger partial charge is 0.467 e. The predicted molar refractivity (Wildman–Crippen MR) is 69.0 cm³/mol. The summed E-state index contributed by atoms with van der Waals surface area (Å²) in [5.74, 6) is -1.10. The number of fused-ring (bicyclic) bond motifs is 1. The normalized spacial score (nSPS) is 14.2. The number of anilines is 1. The van der Waals surface area contributed by atoms with Crippen molar-refractivity contribution in [2.75, 3.05) is 25.5 Å². The molecule has 1 heterocycles. The smallest absolute Gasteiger partial charge is 0.336 e. The summed E-state index contributed by atoms with van der Waals surface area (Å²) in [5, 5.41) is 15.0. The third-order valence-corrected chi connectivity index (χ3v) is 3.01. The van der Waals surface area contributed by atoms with E-state index >= 15 is 0 Å². The van der Waals surface area contributed by atoms with E-state index in [9.17, 15) is 14.7 Å². The highest BCUT2D eigenvalue weighted by Gasteiger charge is 2.18. The van der Waals surface area contributed by atoms with Gasteiger partial charge < -0.3 is 20.5 Å². The first-order valence-corrected chi connectivity index (χ1v) is 6.02. The number of aliphatic hydroxyl groups excluding tert-OH is 1. The van der Waals surface area contributed by atoms with Crippen LogP contribution in [-0.2, 0) is 16.0 Å². The monoisotopic (exact) mass is 264 g/mol. The van der Waals surface area contributed by atoms with Crippen molar-refractivity contribution in [2.24, 2.45) is 0 Å². The van der Waals surface area contributed by atoms with E-state index < -0.39 is 12.1 Å². The number of carbonyl (C=O) groups is 2. The van der Waals surface area contributed by atoms with Gasteiger partial charge in [-0.3, -0.25) is 4.79 Å². The van der Waals surface area contributed by atoms with Crippen molar-refractivity contribution in [3.8, 4) is 0 Å². The zero-order chi connectivity index (χ0) is 13.8. The molecular formula is C13H16N2O4. The number of hydrogen-bond donors (Lipinski definition) is 3. The zero-order valence-electron chi connectivity index (χ0n) is 10.6. The van der Waals surface area contributed by atoms with Gasteiger partial charge in [0, 0.05) is 17.8 Å². The molecule has 6 heteroatoms. The Morgan fingerprint density at radius 1 is 1.53 bits per heavy atom. The summed E-state index contributed by atoms with van der Waals surface area (Å²) < 4.78 is 4.36. The molecule has 1 aromatic carbocycles. The molecule has 1 atom stereocenters. The fraction of sp³-hybridized carbons (Fsp3) is 0.385. The van der Waals surface area contributed by atoms with E-state index in [2.05, 4.69) is 15.4 Å². The lowest BCUT2D eigenvalue weighted by Crippen LogP contribution is -2.37. The standard InChI is InChI=1S/C13H16N2O4/c1-19-13(18)11(16)7-15-12(17)9-3-2-8-4-5-14-10(8)6-9/h2-3,6,11,14,16H,4-5,7H2,1H3,(H,15,17). The molecule has 0 aromatic heterocycles. The van der Waals surface area contributed by atoms with E-state index in [1.54, 1.807) is 12.1 Å². The summed E-state index contributed by atoms with van der Waals surface area (Å²) in [6, 6.07) is 5.40. The first kappa shape index (κ1) is 13.4. The van der Waals surface area contributed by atoms with Crippen LogP contribution in [0.4, 0.5) is 5.69 Å². The minimum absolute atomic E-state index is 0.171. The Balaban J connectivity index is 1.95. The molecule has 1 aliphatic rings. The van der Waals surface area contributed by atoms with E-state index in [0.29, 0.717) is 5.56 Å². The number of methoxy groups -OCH3 is 1. The fourth-order valence-corrected chi connectivity index (χ4v) is 1.94. The maximum Gasteiger partial charge on any atom is 0.336 e. The van der Waals surface area contributed by atoms with Gasteiger partial charge in [0.1, 0.15) is 0 Å². The molecule has 1 amide bonds. The number of carbonyl (C=O) groups excluding carboxylic acids is 2. The second-order valence-corrected chi connectivity index (χ2v) is 4.30. The Kier molecular flexibility index (Phi) is 4.01. The van der Waals surface area contributed by atoms with Gasteiger partial charge in [0.2, 0.25) is 0 Å². The highest BCUT2D eigenvalue weighted by molar-refractivity contribution is 5.95. The highest BCUT2D eigenvalue weighted by atomic mass is 16.5. The third kappa shape index (κ3) is 3.03. The molecule has 0 fully saturated rings. The predicted octanol–water partition coefficient (Wildman–Crippen LogP) is -0.0817. The molecule has 1 unspecified atom stereocenters. The average molecular weight is 264 g/mol.